The summed E-state index contributed by atoms with van der Waals surface area (Å²) in [5.41, 5.74) is 6.06. The second-order valence-corrected chi connectivity index (χ2v) is 5.04. The van der Waals surface area contributed by atoms with Crippen molar-refractivity contribution in [3.8, 4) is 0 Å². The Morgan fingerprint density at radius 3 is 2.44 bits per heavy atom. The summed E-state index contributed by atoms with van der Waals surface area (Å²) in [5, 5.41) is 2.55. The summed E-state index contributed by atoms with van der Waals surface area (Å²) in [7, 11) is 0. The molecular formula is C10H15F3N2S. The SMILES string of the molecule is Cc1csc(C(C)(N)CCCC(F)(F)F)n1. The molecule has 16 heavy (non-hydrogen) atoms. The molecule has 0 bridgehead atoms. The highest BCUT2D eigenvalue weighted by Crippen LogP contribution is 2.30. The number of aryl methyl sites for hydroxylation is 1. The molecule has 0 aliphatic rings. The second-order valence-electron chi connectivity index (χ2n) is 4.18. The number of hydrogen-bond donors (Lipinski definition) is 1. The number of hydrogen-bond acceptors (Lipinski definition) is 3. The van der Waals surface area contributed by atoms with E-state index in [0.717, 1.165) is 5.69 Å². The molecule has 1 atom stereocenters. The molecule has 0 aliphatic heterocycles. The van der Waals surface area contributed by atoms with Crippen LogP contribution in [0.3, 0.4) is 0 Å². The van der Waals surface area contributed by atoms with Crippen molar-refractivity contribution in [3.05, 3.63) is 16.1 Å². The first kappa shape index (κ1) is 13.4. The smallest absolute Gasteiger partial charge is 0.320 e. The van der Waals surface area contributed by atoms with E-state index in [1.54, 1.807) is 6.92 Å². The number of nitrogens with two attached hydrogens (primary N) is 1. The Bertz CT molecular complexity index is 344. The Morgan fingerprint density at radius 2 is 2.00 bits per heavy atom. The lowest BCUT2D eigenvalue weighted by molar-refractivity contribution is -0.136. The van der Waals surface area contributed by atoms with Gasteiger partial charge in [-0.05, 0) is 26.7 Å². The molecule has 0 aliphatic carbocycles. The summed E-state index contributed by atoms with van der Waals surface area (Å²) in [4.78, 5) is 4.21. The van der Waals surface area contributed by atoms with Gasteiger partial charge in [-0.3, -0.25) is 0 Å². The van der Waals surface area contributed by atoms with Crippen LogP contribution in [0.4, 0.5) is 13.2 Å². The molecule has 0 amide bonds. The molecule has 1 heterocycles. The van der Waals surface area contributed by atoms with Crippen LogP contribution in [-0.2, 0) is 5.54 Å². The molecule has 92 valence electrons. The van der Waals surface area contributed by atoms with Crippen LogP contribution in [0.5, 0.6) is 0 Å². The van der Waals surface area contributed by atoms with Gasteiger partial charge >= 0.3 is 6.18 Å². The summed E-state index contributed by atoms with van der Waals surface area (Å²) in [6.07, 6.45) is -4.56. The van der Waals surface area contributed by atoms with Crippen molar-refractivity contribution in [3.63, 3.8) is 0 Å². The topological polar surface area (TPSA) is 38.9 Å². The van der Waals surface area contributed by atoms with E-state index in [1.165, 1.54) is 11.3 Å². The summed E-state index contributed by atoms with van der Waals surface area (Å²) >= 11 is 1.40. The fraction of sp³-hybridized carbons (Fsp3) is 0.700. The summed E-state index contributed by atoms with van der Waals surface area (Å²) in [6.45, 7) is 3.56. The summed E-state index contributed by atoms with van der Waals surface area (Å²) in [6, 6.07) is 0. The molecule has 0 fully saturated rings. The van der Waals surface area contributed by atoms with Gasteiger partial charge in [-0.1, -0.05) is 0 Å². The highest BCUT2D eigenvalue weighted by molar-refractivity contribution is 7.09. The van der Waals surface area contributed by atoms with Gasteiger partial charge in [-0.2, -0.15) is 13.2 Å². The van der Waals surface area contributed by atoms with Crippen LogP contribution in [0, 0.1) is 6.92 Å². The summed E-state index contributed by atoms with van der Waals surface area (Å²) in [5.74, 6) is 0. The van der Waals surface area contributed by atoms with Crippen LogP contribution >= 0.6 is 11.3 Å². The third-order valence-corrected chi connectivity index (χ3v) is 3.50. The number of thiazole rings is 1. The van der Waals surface area contributed by atoms with Gasteiger partial charge in [0, 0.05) is 17.5 Å². The second kappa shape index (κ2) is 4.71. The molecule has 1 aromatic heterocycles. The van der Waals surface area contributed by atoms with Gasteiger partial charge < -0.3 is 5.73 Å². The number of nitrogens with zero attached hydrogens (tertiary/aromatic N) is 1. The van der Waals surface area contributed by atoms with Crippen molar-refractivity contribution in [2.45, 2.75) is 44.8 Å². The molecule has 0 radical (unpaired) electrons. The average molecular weight is 252 g/mol. The maximum absolute atomic E-state index is 12.0. The van der Waals surface area contributed by atoms with Crippen molar-refractivity contribution >= 4 is 11.3 Å². The molecule has 6 heteroatoms. The van der Waals surface area contributed by atoms with E-state index in [1.807, 2.05) is 12.3 Å². The Morgan fingerprint density at radius 1 is 1.38 bits per heavy atom. The Hall–Kier alpha value is -0.620. The molecule has 0 saturated carbocycles. The van der Waals surface area contributed by atoms with Gasteiger partial charge in [0.2, 0.25) is 0 Å². The maximum Gasteiger partial charge on any atom is 0.389 e. The molecule has 1 rings (SSSR count). The third-order valence-electron chi connectivity index (χ3n) is 2.26. The van der Waals surface area contributed by atoms with Crippen LogP contribution in [0.2, 0.25) is 0 Å². The van der Waals surface area contributed by atoms with Crippen molar-refractivity contribution < 1.29 is 13.2 Å². The first-order valence-corrected chi connectivity index (χ1v) is 5.87. The van der Waals surface area contributed by atoms with Crippen molar-refractivity contribution in [1.29, 1.82) is 0 Å². The van der Waals surface area contributed by atoms with Gasteiger partial charge in [-0.15, -0.1) is 11.3 Å². The zero-order valence-corrected chi connectivity index (χ0v) is 10.1. The quantitative estimate of drug-likeness (QED) is 0.892. The van der Waals surface area contributed by atoms with Crippen LogP contribution in [0.25, 0.3) is 0 Å². The van der Waals surface area contributed by atoms with E-state index >= 15 is 0 Å². The van der Waals surface area contributed by atoms with E-state index < -0.39 is 18.1 Å². The van der Waals surface area contributed by atoms with Crippen molar-refractivity contribution in [1.82, 2.24) is 4.98 Å². The van der Waals surface area contributed by atoms with Gasteiger partial charge in [-0.25, -0.2) is 4.98 Å². The van der Waals surface area contributed by atoms with Gasteiger partial charge in [0.15, 0.2) is 0 Å². The van der Waals surface area contributed by atoms with Crippen LogP contribution in [-0.4, -0.2) is 11.2 Å². The monoisotopic (exact) mass is 252 g/mol. The minimum absolute atomic E-state index is 0.0368. The Balaban J connectivity index is 2.52. The third kappa shape index (κ3) is 4.09. The minimum atomic E-state index is -4.10. The van der Waals surface area contributed by atoms with Crippen molar-refractivity contribution in [2.75, 3.05) is 0 Å². The molecular weight excluding hydrogens is 237 g/mol. The lowest BCUT2D eigenvalue weighted by Gasteiger charge is -2.22. The van der Waals surface area contributed by atoms with Gasteiger partial charge in [0.25, 0.3) is 0 Å². The zero-order valence-electron chi connectivity index (χ0n) is 9.27. The molecule has 1 aromatic rings. The minimum Gasteiger partial charge on any atom is -0.320 e. The highest BCUT2D eigenvalue weighted by Gasteiger charge is 2.30. The average Bonchev–Trinajstić information content (AvgIpc) is 2.49. The van der Waals surface area contributed by atoms with E-state index in [-0.39, 0.29) is 6.42 Å². The van der Waals surface area contributed by atoms with Gasteiger partial charge in [0.05, 0.1) is 5.54 Å². The lowest BCUT2D eigenvalue weighted by atomic mass is 9.97. The normalized spacial score (nSPS) is 16.1. The highest BCUT2D eigenvalue weighted by atomic mass is 32.1. The first-order chi connectivity index (χ1) is 7.21. The molecule has 0 aromatic carbocycles. The number of aromatic nitrogens is 1. The maximum atomic E-state index is 12.0. The van der Waals surface area contributed by atoms with E-state index in [2.05, 4.69) is 4.98 Å². The predicted molar refractivity (Wildman–Crippen MR) is 58.3 cm³/mol. The van der Waals surface area contributed by atoms with Gasteiger partial charge in [0.1, 0.15) is 5.01 Å². The largest absolute Gasteiger partial charge is 0.389 e. The molecule has 2 N–H and O–H groups in total. The number of alkyl halides is 3. The van der Waals surface area contributed by atoms with Crippen LogP contribution in [0.15, 0.2) is 5.38 Å². The zero-order chi connectivity index (χ0) is 12.4. The predicted octanol–water partition coefficient (Wildman–Crippen LogP) is 3.36. The van der Waals surface area contributed by atoms with Crippen LogP contribution in [0.1, 0.15) is 36.9 Å². The summed E-state index contributed by atoms with van der Waals surface area (Å²) < 4.78 is 36.0. The van der Waals surface area contributed by atoms with Crippen LogP contribution < -0.4 is 5.73 Å². The van der Waals surface area contributed by atoms with E-state index in [9.17, 15) is 13.2 Å². The van der Waals surface area contributed by atoms with E-state index in [0.29, 0.717) is 11.4 Å². The molecule has 2 nitrogen and oxygen atoms in total. The molecule has 0 saturated heterocycles. The van der Waals surface area contributed by atoms with Crippen molar-refractivity contribution in [2.24, 2.45) is 5.73 Å². The molecule has 1 unspecified atom stereocenters. The number of halogens is 3. The van der Waals surface area contributed by atoms with E-state index in [4.69, 9.17) is 5.73 Å². The fourth-order valence-electron chi connectivity index (χ4n) is 1.38. The molecule has 0 spiro atoms. The number of rotatable bonds is 4. The Labute approximate surface area is 96.7 Å². The standard InChI is InChI=1S/C10H15F3N2S/c1-7-6-16-8(15-7)9(2,14)4-3-5-10(11,12)13/h6H,3-5,14H2,1-2H3. The Kier molecular flexibility index (Phi) is 3.96. The lowest BCUT2D eigenvalue weighted by Crippen LogP contribution is -2.33. The fourth-order valence-corrected chi connectivity index (χ4v) is 2.28. The first-order valence-electron chi connectivity index (χ1n) is 4.99.